The molecular weight excluding hydrogens is 498 g/mol. The highest BCUT2D eigenvalue weighted by Gasteiger charge is 2.35. The first kappa shape index (κ1) is 24.1. The fourth-order valence-corrected chi connectivity index (χ4v) is 4.02. The predicted molar refractivity (Wildman–Crippen MR) is 134 cm³/mol. The molecule has 0 fully saturated rings. The summed E-state index contributed by atoms with van der Waals surface area (Å²) in [5.41, 5.74) is 1.79. The summed E-state index contributed by atoms with van der Waals surface area (Å²) in [6, 6.07) is 19.5. The number of carbonyl (C=O) groups is 3. The summed E-state index contributed by atoms with van der Waals surface area (Å²) >= 11 is 6.00. The third-order valence-electron chi connectivity index (χ3n) is 5.68. The van der Waals surface area contributed by atoms with Gasteiger partial charge in [-0.25, -0.2) is 9.80 Å². The Kier molecular flexibility index (Phi) is 6.87. The monoisotopic (exact) mass is 517 g/mol. The highest BCUT2D eigenvalue weighted by Crippen LogP contribution is 2.33. The molecule has 10 heteroatoms. The van der Waals surface area contributed by atoms with Gasteiger partial charge in [0.05, 0.1) is 29.5 Å². The van der Waals surface area contributed by atoms with Crippen molar-refractivity contribution in [3.05, 3.63) is 113 Å². The van der Waals surface area contributed by atoms with Gasteiger partial charge < -0.3 is 18.9 Å². The predicted octanol–water partition coefficient (Wildman–Crippen LogP) is 5.31. The number of furan rings is 2. The molecule has 4 aromatic rings. The van der Waals surface area contributed by atoms with E-state index in [1.54, 1.807) is 48.5 Å². The summed E-state index contributed by atoms with van der Waals surface area (Å²) in [6.07, 6.45) is 3.30. The SMILES string of the molecule is O=C(Nc1ccccc1C(=O)OCC(=O)N1N=C(c2ccc(Cl)cc2)CC1c1ccco1)c1ccco1. The van der Waals surface area contributed by atoms with E-state index in [4.69, 9.17) is 25.2 Å². The van der Waals surface area contributed by atoms with Crippen molar-refractivity contribution in [3.63, 3.8) is 0 Å². The van der Waals surface area contributed by atoms with Gasteiger partial charge in [0.2, 0.25) is 0 Å². The number of anilines is 1. The number of benzene rings is 2. The molecule has 186 valence electrons. The Hall–Kier alpha value is -4.63. The van der Waals surface area contributed by atoms with E-state index in [2.05, 4.69) is 10.4 Å². The van der Waals surface area contributed by atoms with E-state index in [-0.39, 0.29) is 17.0 Å². The maximum atomic E-state index is 13.1. The topological polar surface area (TPSA) is 114 Å². The van der Waals surface area contributed by atoms with E-state index < -0.39 is 30.4 Å². The van der Waals surface area contributed by atoms with Crippen LogP contribution < -0.4 is 5.32 Å². The molecule has 0 spiro atoms. The molecule has 0 bridgehead atoms. The first-order valence-electron chi connectivity index (χ1n) is 11.3. The molecule has 0 saturated carbocycles. The van der Waals surface area contributed by atoms with Crippen molar-refractivity contribution < 1.29 is 28.0 Å². The third kappa shape index (κ3) is 5.31. The lowest BCUT2D eigenvalue weighted by atomic mass is 10.0. The summed E-state index contributed by atoms with van der Waals surface area (Å²) in [6.45, 7) is -0.562. The molecule has 0 radical (unpaired) electrons. The number of para-hydroxylation sites is 1. The van der Waals surface area contributed by atoms with Crippen LogP contribution in [-0.2, 0) is 9.53 Å². The molecule has 5 rings (SSSR count). The van der Waals surface area contributed by atoms with Crippen LogP contribution in [-0.4, -0.2) is 35.1 Å². The van der Waals surface area contributed by atoms with Crippen molar-refractivity contribution in [3.8, 4) is 0 Å². The fraction of sp³-hybridized carbons (Fsp3) is 0.111. The summed E-state index contributed by atoms with van der Waals surface area (Å²) in [5.74, 6) is -1.19. The van der Waals surface area contributed by atoms with Gasteiger partial charge in [-0.2, -0.15) is 5.10 Å². The molecule has 2 aromatic carbocycles. The Morgan fingerprint density at radius 2 is 1.73 bits per heavy atom. The van der Waals surface area contributed by atoms with Crippen molar-refractivity contribution in [2.45, 2.75) is 12.5 Å². The second-order valence-corrected chi connectivity index (χ2v) is 8.52. The van der Waals surface area contributed by atoms with Crippen LogP contribution in [0.2, 0.25) is 5.02 Å². The zero-order chi connectivity index (χ0) is 25.8. The highest BCUT2D eigenvalue weighted by atomic mass is 35.5. The van der Waals surface area contributed by atoms with Crippen LogP contribution >= 0.6 is 11.6 Å². The van der Waals surface area contributed by atoms with Gasteiger partial charge in [0.25, 0.3) is 11.8 Å². The lowest BCUT2D eigenvalue weighted by molar-refractivity contribution is -0.136. The van der Waals surface area contributed by atoms with Gasteiger partial charge in [-0.05, 0) is 54.1 Å². The van der Waals surface area contributed by atoms with E-state index in [0.717, 1.165) is 5.56 Å². The second-order valence-electron chi connectivity index (χ2n) is 8.08. The van der Waals surface area contributed by atoms with Gasteiger partial charge in [-0.3, -0.25) is 9.59 Å². The van der Waals surface area contributed by atoms with E-state index >= 15 is 0 Å². The van der Waals surface area contributed by atoms with Crippen LogP contribution in [0.25, 0.3) is 0 Å². The lowest BCUT2D eigenvalue weighted by Crippen LogP contribution is -2.31. The summed E-state index contributed by atoms with van der Waals surface area (Å²) in [7, 11) is 0. The molecule has 2 amide bonds. The van der Waals surface area contributed by atoms with Crippen LogP contribution in [0, 0.1) is 0 Å². The van der Waals surface area contributed by atoms with Gasteiger partial charge in [0.1, 0.15) is 11.8 Å². The average molecular weight is 518 g/mol. The molecule has 1 aliphatic heterocycles. The zero-order valence-corrected chi connectivity index (χ0v) is 20.1. The van der Waals surface area contributed by atoms with Gasteiger partial charge in [0.15, 0.2) is 12.4 Å². The molecule has 0 aliphatic carbocycles. The smallest absolute Gasteiger partial charge is 0.340 e. The molecule has 9 nitrogen and oxygen atoms in total. The van der Waals surface area contributed by atoms with Gasteiger partial charge >= 0.3 is 5.97 Å². The Labute approximate surface area is 216 Å². The maximum Gasteiger partial charge on any atom is 0.340 e. The van der Waals surface area contributed by atoms with Crippen molar-refractivity contribution in [2.75, 3.05) is 11.9 Å². The summed E-state index contributed by atoms with van der Waals surface area (Å²) in [5, 5.41) is 8.97. The number of carbonyl (C=O) groups excluding carboxylic acids is 3. The number of halogens is 1. The number of rotatable bonds is 7. The molecule has 0 saturated heterocycles. The quantitative estimate of drug-likeness (QED) is 0.332. The number of hydrazone groups is 1. The molecule has 1 N–H and O–H groups in total. The summed E-state index contributed by atoms with van der Waals surface area (Å²) in [4.78, 5) is 38.3. The highest BCUT2D eigenvalue weighted by molar-refractivity contribution is 6.30. The largest absolute Gasteiger partial charge is 0.467 e. The second kappa shape index (κ2) is 10.5. The third-order valence-corrected chi connectivity index (χ3v) is 5.93. The first-order chi connectivity index (χ1) is 18.0. The van der Waals surface area contributed by atoms with Crippen LogP contribution in [0.5, 0.6) is 0 Å². The Morgan fingerprint density at radius 3 is 2.46 bits per heavy atom. The first-order valence-corrected chi connectivity index (χ1v) is 11.7. The van der Waals surface area contributed by atoms with Crippen molar-refractivity contribution >= 4 is 40.8 Å². The molecule has 1 atom stereocenters. The molecular formula is C27H20ClN3O6. The standard InChI is InChI=1S/C27H20ClN3O6/c28-18-11-9-17(10-12-18)21-15-22(23-7-3-13-35-23)31(30-21)25(32)16-37-27(34)19-5-1-2-6-20(19)29-26(33)24-8-4-14-36-24/h1-14,22H,15-16H2,(H,29,33). The fourth-order valence-electron chi connectivity index (χ4n) is 3.89. The van der Waals surface area contributed by atoms with Gasteiger partial charge in [-0.15, -0.1) is 0 Å². The van der Waals surface area contributed by atoms with Gasteiger partial charge in [-0.1, -0.05) is 35.9 Å². The molecule has 1 aliphatic rings. The molecule has 1 unspecified atom stereocenters. The number of hydrogen-bond donors (Lipinski definition) is 1. The minimum Gasteiger partial charge on any atom is -0.467 e. The summed E-state index contributed by atoms with van der Waals surface area (Å²) < 4.78 is 15.9. The van der Waals surface area contributed by atoms with Crippen molar-refractivity contribution in [1.82, 2.24) is 5.01 Å². The number of hydrogen-bond acceptors (Lipinski definition) is 7. The van der Waals surface area contributed by atoms with Gasteiger partial charge in [0, 0.05) is 11.4 Å². The van der Waals surface area contributed by atoms with Crippen LogP contribution in [0.4, 0.5) is 5.69 Å². The van der Waals surface area contributed by atoms with Crippen molar-refractivity contribution in [2.24, 2.45) is 5.10 Å². The molecule has 3 heterocycles. The van der Waals surface area contributed by atoms with E-state index in [1.165, 1.54) is 29.7 Å². The Balaban J connectivity index is 1.30. The number of ether oxygens (including phenoxy) is 1. The van der Waals surface area contributed by atoms with Crippen molar-refractivity contribution in [1.29, 1.82) is 0 Å². The van der Waals surface area contributed by atoms with E-state index in [9.17, 15) is 14.4 Å². The van der Waals surface area contributed by atoms with Crippen LogP contribution in [0.1, 0.15) is 44.7 Å². The average Bonchev–Trinajstić information content (AvgIpc) is 3.69. The minimum atomic E-state index is -0.778. The maximum absolute atomic E-state index is 13.1. The lowest BCUT2D eigenvalue weighted by Gasteiger charge is -2.19. The van der Waals surface area contributed by atoms with E-state index in [0.29, 0.717) is 22.9 Å². The van der Waals surface area contributed by atoms with E-state index in [1.807, 2.05) is 12.1 Å². The number of nitrogens with zero attached hydrogens (tertiary/aromatic N) is 2. The number of nitrogens with one attached hydrogen (secondary N) is 1. The zero-order valence-electron chi connectivity index (χ0n) is 19.3. The molecule has 2 aromatic heterocycles. The Morgan fingerprint density at radius 1 is 0.973 bits per heavy atom. The number of esters is 1. The number of amides is 2. The Bertz CT molecular complexity index is 1450. The normalized spacial score (nSPS) is 14.8. The molecule has 37 heavy (non-hydrogen) atoms. The minimum absolute atomic E-state index is 0.0876. The van der Waals surface area contributed by atoms with Crippen LogP contribution in [0.3, 0.4) is 0 Å². The van der Waals surface area contributed by atoms with Crippen LogP contribution in [0.15, 0.2) is 99.3 Å².